The maximum Gasteiger partial charge on any atom is 0.106 e. The SMILES string of the molecule is CCCCCC/C=C(\C)[Si](C)(C)c1ccccc1. The molecule has 18 heavy (non-hydrogen) atoms. The van der Waals surface area contributed by atoms with Crippen LogP contribution in [0.25, 0.3) is 0 Å². The highest BCUT2D eigenvalue weighted by atomic mass is 28.3. The Kier molecular flexibility index (Phi) is 6.41. The van der Waals surface area contributed by atoms with Crippen molar-refractivity contribution in [1.82, 2.24) is 0 Å². The summed E-state index contributed by atoms with van der Waals surface area (Å²) in [6.07, 6.45) is 9.20. The molecule has 100 valence electrons. The summed E-state index contributed by atoms with van der Waals surface area (Å²) in [7, 11) is -1.39. The van der Waals surface area contributed by atoms with Crippen LogP contribution in [0, 0.1) is 0 Å². The van der Waals surface area contributed by atoms with Gasteiger partial charge in [-0.1, -0.05) is 86.1 Å². The first-order valence-corrected chi connectivity index (χ1v) is 10.3. The van der Waals surface area contributed by atoms with Crippen LogP contribution in [0.5, 0.6) is 0 Å². The Labute approximate surface area is 114 Å². The summed E-state index contributed by atoms with van der Waals surface area (Å²) in [6, 6.07) is 11.0. The summed E-state index contributed by atoms with van der Waals surface area (Å²) in [5, 5.41) is 3.18. The first-order chi connectivity index (χ1) is 8.59. The first-order valence-electron chi connectivity index (χ1n) is 7.31. The maximum absolute atomic E-state index is 2.49. The fourth-order valence-electron chi connectivity index (χ4n) is 2.23. The lowest BCUT2D eigenvalue weighted by atomic mass is 10.1. The van der Waals surface area contributed by atoms with Gasteiger partial charge in [0.1, 0.15) is 8.07 Å². The van der Waals surface area contributed by atoms with Crippen molar-refractivity contribution in [2.45, 2.75) is 59.0 Å². The highest BCUT2D eigenvalue weighted by Gasteiger charge is 2.24. The van der Waals surface area contributed by atoms with Gasteiger partial charge in [-0.25, -0.2) is 0 Å². The number of unbranched alkanes of at least 4 members (excludes halogenated alkanes) is 4. The largest absolute Gasteiger partial charge is 0.106 e. The molecule has 0 spiro atoms. The smallest absolute Gasteiger partial charge is 0.0891 e. The molecule has 0 unspecified atom stereocenters. The van der Waals surface area contributed by atoms with Gasteiger partial charge in [0.15, 0.2) is 0 Å². The van der Waals surface area contributed by atoms with Crippen LogP contribution in [0.3, 0.4) is 0 Å². The molecule has 0 saturated heterocycles. The first kappa shape index (κ1) is 15.2. The minimum atomic E-state index is -1.39. The molecule has 0 atom stereocenters. The quantitative estimate of drug-likeness (QED) is 0.475. The topological polar surface area (TPSA) is 0 Å². The van der Waals surface area contributed by atoms with Gasteiger partial charge in [-0.05, 0) is 19.8 Å². The standard InChI is InChI=1S/C17H28Si/c1-5-6-7-8-10-13-16(2)18(3,4)17-14-11-9-12-15-17/h9,11-15H,5-8,10H2,1-4H3/b16-13+. The molecule has 0 amide bonds. The van der Waals surface area contributed by atoms with Crippen LogP contribution in [-0.4, -0.2) is 8.07 Å². The maximum atomic E-state index is 2.49. The minimum absolute atomic E-state index is 1.26. The average Bonchev–Trinajstić information content (AvgIpc) is 2.39. The fourth-order valence-corrected chi connectivity index (χ4v) is 4.36. The Bertz CT molecular complexity index is 362. The van der Waals surface area contributed by atoms with Crippen molar-refractivity contribution in [1.29, 1.82) is 0 Å². The molecule has 0 heterocycles. The van der Waals surface area contributed by atoms with Crippen LogP contribution in [0.1, 0.15) is 46.0 Å². The zero-order valence-electron chi connectivity index (χ0n) is 12.5. The molecule has 0 aliphatic heterocycles. The van der Waals surface area contributed by atoms with Crippen molar-refractivity contribution in [2.24, 2.45) is 0 Å². The van der Waals surface area contributed by atoms with Gasteiger partial charge in [-0.3, -0.25) is 0 Å². The number of hydrogen-bond acceptors (Lipinski definition) is 0. The molecule has 0 bridgehead atoms. The van der Waals surface area contributed by atoms with Crippen LogP contribution in [0.2, 0.25) is 13.1 Å². The number of rotatable bonds is 7. The van der Waals surface area contributed by atoms with E-state index in [1.165, 1.54) is 32.1 Å². The number of hydrogen-bond donors (Lipinski definition) is 0. The molecule has 1 heteroatoms. The lowest BCUT2D eigenvalue weighted by Gasteiger charge is -2.24. The molecule has 1 rings (SSSR count). The molecular weight excluding hydrogens is 232 g/mol. The Morgan fingerprint density at radius 3 is 2.33 bits per heavy atom. The van der Waals surface area contributed by atoms with Crippen molar-refractivity contribution in [3.05, 3.63) is 41.6 Å². The van der Waals surface area contributed by atoms with Crippen molar-refractivity contribution in [3.8, 4) is 0 Å². The molecule has 0 N–H and O–H groups in total. The van der Waals surface area contributed by atoms with Crippen LogP contribution < -0.4 is 5.19 Å². The summed E-state index contributed by atoms with van der Waals surface area (Å²) < 4.78 is 0. The predicted molar refractivity (Wildman–Crippen MR) is 86.1 cm³/mol. The molecule has 1 aromatic rings. The Morgan fingerprint density at radius 2 is 1.72 bits per heavy atom. The normalized spacial score (nSPS) is 12.8. The summed E-state index contributed by atoms with van der Waals surface area (Å²) in [5.41, 5.74) is 0. The lowest BCUT2D eigenvalue weighted by Crippen LogP contribution is -2.42. The summed E-state index contributed by atoms with van der Waals surface area (Å²) in [6.45, 7) is 9.52. The van der Waals surface area contributed by atoms with E-state index in [0.29, 0.717) is 0 Å². The van der Waals surface area contributed by atoms with E-state index in [2.05, 4.69) is 63.3 Å². The Balaban J connectivity index is 2.59. The minimum Gasteiger partial charge on any atom is -0.0891 e. The highest BCUT2D eigenvalue weighted by molar-refractivity contribution is 6.95. The molecule has 0 nitrogen and oxygen atoms in total. The van der Waals surface area contributed by atoms with Gasteiger partial charge in [0.25, 0.3) is 0 Å². The third-order valence-corrected chi connectivity index (χ3v) is 7.94. The Morgan fingerprint density at radius 1 is 1.06 bits per heavy atom. The number of allylic oxidation sites excluding steroid dienone is 2. The fraction of sp³-hybridized carbons (Fsp3) is 0.529. The number of benzene rings is 1. The predicted octanol–water partition coefficient (Wildman–Crippen LogP) is 5.06. The molecule has 0 saturated carbocycles. The molecule has 0 aliphatic carbocycles. The van der Waals surface area contributed by atoms with Crippen LogP contribution in [0.15, 0.2) is 41.6 Å². The van der Waals surface area contributed by atoms with Gasteiger partial charge in [-0.15, -0.1) is 0 Å². The van der Waals surface area contributed by atoms with Gasteiger partial charge in [0.2, 0.25) is 0 Å². The zero-order chi connectivity index (χ0) is 13.4. The second-order valence-corrected chi connectivity index (χ2v) is 10.3. The molecule has 1 aromatic carbocycles. The Hall–Kier alpha value is -0.823. The molecule has 0 aromatic heterocycles. The van der Waals surface area contributed by atoms with E-state index in [0.717, 1.165) is 0 Å². The second-order valence-electron chi connectivity index (χ2n) is 5.73. The van der Waals surface area contributed by atoms with E-state index in [9.17, 15) is 0 Å². The summed E-state index contributed by atoms with van der Waals surface area (Å²) in [5.74, 6) is 0. The van der Waals surface area contributed by atoms with Gasteiger partial charge >= 0.3 is 0 Å². The highest BCUT2D eigenvalue weighted by Crippen LogP contribution is 2.16. The summed E-state index contributed by atoms with van der Waals surface area (Å²) >= 11 is 0. The van der Waals surface area contributed by atoms with Gasteiger partial charge in [0.05, 0.1) is 0 Å². The van der Waals surface area contributed by atoms with E-state index < -0.39 is 8.07 Å². The monoisotopic (exact) mass is 260 g/mol. The van der Waals surface area contributed by atoms with E-state index in [1.54, 1.807) is 10.4 Å². The van der Waals surface area contributed by atoms with Crippen LogP contribution in [-0.2, 0) is 0 Å². The van der Waals surface area contributed by atoms with E-state index in [-0.39, 0.29) is 0 Å². The van der Waals surface area contributed by atoms with Crippen molar-refractivity contribution < 1.29 is 0 Å². The third-order valence-electron chi connectivity index (χ3n) is 3.99. The molecule has 0 radical (unpaired) electrons. The molecular formula is C17H28Si. The van der Waals surface area contributed by atoms with Crippen LogP contribution in [0.4, 0.5) is 0 Å². The zero-order valence-corrected chi connectivity index (χ0v) is 13.5. The van der Waals surface area contributed by atoms with E-state index in [1.807, 2.05) is 0 Å². The average molecular weight is 260 g/mol. The lowest BCUT2D eigenvalue weighted by molar-refractivity contribution is 0.674. The second kappa shape index (κ2) is 7.58. The third kappa shape index (κ3) is 4.45. The summed E-state index contributed by atoms with van der Waals surface area (Å²) in [4.78, 5) is 0. The van der Waals surface area contributed by atoms with E-state index >= 15 is 0 Å². The van der Waals surface area contributed by atoms with E-state index in [4.69, 9.17) is 0 Å². The van der Waals surface area contributed by atoms with Crippen molar-refractivity contribution >= 4 is 13.3 Å². The van der Waals surface area contributed by atoms with Crippen molar-refractivity contribution in [3.63, 3.8) is 0 Å². The van der Waals surface area contributed by atoms with Gasteiger partial charge in [0, 0.05) is 0 Å². The van der Waals surface area contributed by atoms with Gasteiger partial charge < -0.3 is 0 Å². The van der Waals surface area contributed by atoms with Crippen LogP contribution >= 0.6 is 0 Å². The molecule has 0 fully saturated rings. The van der Waals surface area contributed by atoms with Gasteiger partial charge in [-0.2, -0.15) is 0 Å². The van der Waals surface area contributed by atoms with Crippen molar-refractivity contribution in [2.75, 3.05) is 0 Å². The molecule has 0 aliphatic rings.